The number of benzene rings is 1. The first-order valence-corrected chi connectivity index (χ1v) is 7.10. The van der Waals surface area contributed by atoms with Gasteiger partial charge >= 0.3 is 0 Å². The lowest BCUT2D eigenvalue weighted by atomic mass is 10.0. The van der Waals surface area contributed by atoms with Crippen LogP contribution in [-0.4, -0.2) is 23.2 Å². The first-order chi connectivity index (χ1) is 8.58. The lowest BCUT2D eigenvalue weighted by Gasteiger charge is -2.21. The van der Waals surface area contributed by atoms with E-state index in [4.69, 9.17) is 10.5 Å². The smallest absolute Gasteiger partial charge is 0.144 e. The monoisotopic (exact) mass is 275 g/mol. The first-order valence-electron chi connectivity index (χ1n) is 5.78. The second kappa shape index (κ2) is 5.75. The maximum atomic E-state index is 13.6. The molecule has 1 saturated heterocycles. The van der Waals surface area contributed by atoms with Gasteiger partial charge in [-0.1, -0.05) is 0 Å². The van der Waals surface area contributed by atoms with Gasteiger partial charge in [0.1, 0.15) is 16.5 Å². The molecule has 2 rings (SSSR count). The Morgan fingerprint density at radius 1 is 1.28 bits per heavy atom. The Bertz CT molecular complexity index is 438. The third-order valence-electron chi connectivity index (χ3n) is 2.98. The third kappa shape index (κ3) is 3.05. The van der Waals surface area contributed by atoms with Gasteiger partial charge in [0.05, 0.1) is 10.8 Å². The minimum atomic E-state index is -1.67. The van der Waals surface area contributed by atoms with Gasteiger partial charge in [-0.2, -0.15) is 0 Å². The molecule has 0 saturated carbocycles. The summed E-state index contributed by atoms with van der Waals surface area (Å²) >= 11 is 0. The van der Waals surface area contributed by atoms with Gasteiger partial charge in [-0.25, -0.2) is 8.78 Å². The molecule has 18 heavy (non-hydrogen) atoms. The first kappa shape index (κ1) is 13.4. The minimum Gasteiger partial charge on any atom is -0.399 e. The number of nitrogen functional groups attached to an aromatic ring is 1. The van der Waals surface area contributed by atoms with E-state index in [1.165, 1.54) is 0 Å². The van der Waals surface area contributed by atoms with Gasteiger partial charge in [0.2, 0.25) is 0 Å². The Labute approximate surface area is 107 Å². The highest BCUT2D eigenvalue weighted by molar-refractivity contribution is 7.85. The van der Waals surface area contributed by atoms with Crippen LogP contribution >= 0.6 is 0 Å². The fourth-order valence-corrected chi connectivity index (χ4v) is 3.49. The molecule has 1 atom stereocenters. The van der Waals surface area contributed by atoms with Gasteiger partial charge in [-0.05, 0) is 30.9 Å². The zero-order chi connectivity index (χ0) is 13.1. The molecular formula is C12H15F2NO2S. The van der Waals surface area contributed by atoms with Gasteiger partial charge in [-0.15, -0.1) is 0 Å². The molecule has 1 aliphatic heterocycles. The quantitative estimate of drug-likeness (QED) is 0.859. The molecule has 0 bridgehead atoms. The number of ether oxygens (including phenoxy) is 1. The number of hydrogen-bond acceptors (Lipinski definition) is 3. The molecule has 1 aromatic carbocycles. The van der Waals surface area contributed by atoms with Crippen molar-refractivity contribution in [3.8, 4) is 0 Å². The van der Waals surface area contributed by atoms with Crippen molar-refractivity contribution in [2.24, 2.45) is 5.92 Å². The predicted octanol–water partition coefficient (Wildman–Crippen LogP) is 2.08. The van der Waals surface area contributed by atoms with Crippen molar-refractivity contribution in [3.05, 3.63) is 23.8 Å². The molecule has 1 fully saturated rings. The maximum Gasteiger partial charge on any atom is 0.144 e. The highest BCUT2D eigenvalue weighted by atomic mass is 32.2. The highest BCUT2D eigenvalue weighted by Crippen LogP contribution is 2.24. The Morgan fingerprint density at radius 2 is 1.83 bits per heavy atom. The van der Waals surface area contributed by atoms with Crippen molar-refractivity contribution in [2.75, 3.05) is 24.7 Å². The van der Waals surface area contributed by atoms with Crippen molar-refractivity contribution in [2.45, 2.75) is 17.7 Å². The van der Waals surface area contributed by atoms with Gasteiger partial charge < -0.3 is 10.5 Å². The van der Waals surface area contributed by atoms with Crippen LogP contribution in [0.3, 0.4) is 0 Å². The average molecular weight is 275 g/mol. The fourth-order valence-electron chi connectivity index (χ4n) is 2.01. The molecule has 0 aromatic heterocycles. The van der Waals surface area contributed by atoms with Crippen LogP contribution in [0.4, 0.5) is 14.5 Å². The van der Waals surface area contributed by atoms with Crippen LogP contribution in [-0.2, 0) is 15.5 Å². The summed E-state index contributed by atoms with van der Waals surface area (Å²) in [6.07, 6.45) is 1.56. The summed E-state index contributed by atoms with van der Waals surface area (Å²) in [6.45, 7) is 1.24. The molecule has 0 radical (unpaired) electrons. The predicted molar refractivity (Wildman–Crippen MR) is 65.6 cm³/mol. The summed E-state index contributed by atoms with van der Waals surface area (Å²) in [6, 6.07) is 2.00. The van der Waals surface area contributed by atoms with E-state index in [9.17, 15) is 13.0 Å². The maximum absolute atomic E-state index is 13.6. The van der Waals surface area contributed by atoms with Gasteiger partial charge in [-0.3, -0.25) is 4.21 Å². The number of nitrogens with two attached hydrogens (primary N) is 1. The number of hydrogen-bond donors (Lipinski definition) is 1. The number of rotatable bonds is 3. The minimum absolute atomic E-state index is 0.00295. The highest BCUT2D eigenvalue weighted by Gasteiger charge is 2.22. The lowest BCUT2D eigenvalue weighted by Crippen LogP contribution is -2.21. The standard InChI is InChI=1S/C12H15F2NO2S/c13-10-5-9(15)6-11(14)12(10)18(16)7-8-1-3-17-4-2-8/h5-6,8H,1-4,7,15H2. The Hall–Kier alpha value is -1.01. The van der Waals surface area contributed by atoms with Crippen LogP contribution in [0.15, 0.2) is 17.0 Å². The van der Waals surface area contributed by atoms with E-state index >= 15 is 0 Å². The summed E-state index contributed by atoms with van der Waals surface area (Å²) in [5.74, 6) is -1.21. The molecule has 1 heterocycles. The zero-order valence-corrected chi connectivity index (χ0v) is 10.6. The fraction of sp³-hybridized carbons (Fsp3) is 0.500. The second-order valence-electron chi connectivity index (χ2n) is 4.38. The van der Waals surface area contributed by atoms with E-state index < -0.39 is 22.4 Å². The van der Waals surface area contributed by atoms with Gasteiger partial charge in [0, 0.05) is 24.7 Å². The molecule has 100 valence electrons. The summed E-state index contributed by atoms with van der Waals surface area (Å²) in [5, 5.41) is 0. The zero-order valence-electron chi connectivity index (χ0n) is 9.83. The van der Waals surface area contributed by atoms with E-state index in [2.05, 4.69) is 0 Å². The summed E-state index contributed by atoms with van der Waals surface area (Å²) in [4.78, 5) is -0.365. The number of halogens is 2. The van der Waals surface area contributed by atoms with Crippen LogP contribution in [0.5, 0.6) is 0 Å². The topological polar surface area (TPSA) is 52.3 Å². The molecule has 0 spiro atoms. The summed E-state index contributed by atoms with van der Waals surface area (Å²) in [5.41, 5.74) is 5.31. The van der Waals surface area contributed by atoms with Crippen LogP contribution < -0.4 is 5.73 Å². The normalized spacial score (nSPS) is 18.8. The molecular weight excluding hydrogens is 260 g/mol. The summed E-state index contributed by atoms with van der Waals surface area (Å²) < 4.78 is 44.4. The van der Waals surface area contributed by atoms with Crippen LogP contribution in [0, 0.1) is 17.6 Å². The van der Waals surface area contributed by atoms with Crippen LogP contribution in [0.25, 0.3) is 0 Å². The van der Waals surface area contributed by atoms with E-state index in [1.807, 2.05) is 0 Å². The molecule has 3 nitrogen and oxygen atoms in total. The van der Waals surface area contributed by atoms with Crippen molar-refractivity contribution >= 4 is 16.5 Å². The molecule has 1 unspecified atom stereocenters. The average Bonchev–Trinajstić information content (AvgIpc) is 2.28. The SMILES string of the molecule is Nc1cc(F)c(S(=O)CC2CCOCC2)c(F)c1. The molecule has 0 aliphatic carbocycles. The molecule has 6 heteroatoms. The Morgan fingerprint density at radius 3 is 2.39 bits per heavy atom. The lowest BCUT2D eigenvalue weighted by molar-refractivity contribution is 0.0725. The van der Waals surface area contributed by atoms with Gasteiger partial charge in [0.15, 0.2) is 0 Å². The van der Waals surface area contributed by atoms with Crippen LogP contribution in [0.2, 0.25) is 0 Å². The van der Waals surface area contributed by atoms with Crippen molar-refractivity contribution in [3.63, 3.8) is 0 Å². The largest absolute Gasteiger partial charge is 0.399 e. The van der Waals surface area contributed by atoms with Crippen LogP contribution in [0.1, 0.15) is 12.8 Å². The van der Waals surface area contributed by atoms with Gasteiger partial charge in [0.25, 0.3) is 0 Å². The van der Waals surface area contributed by atoms with Crippen molar-refractivity contribution in [1.82, 2.24) is 0 Å². The third-order valence-corrected chi connectivity index (χ3v) is 4.60. The van der Waals surface area contributed by atoms with Crippen molar-refractivity contribution < 1.29 is 17.7 Å². The van der Waals surface area contributed by atoms with E-state index in [-0.39, 0.29) is 22.3 Å². The van der Waals surface area contributed by atoms with Crippen molar-refractivity contribution in [1.29, 1.82) is 0 Å². The number of anilines is 1. The second-order valence-corrected chi connectivity index (χ2v) is 5.81. The molecule has 1 aromatic rings. The summed E-state index contributed by atoms with van der Waals surface area (Å²) in [7, 11) is -1.67. The Balaban J connectivity index is 2.13. The van der Waals surface area contributed by atoms with E-state index in [1.54, 1.807) is 0 Å². The molecule has 0 amide bonds. The van der Waals surface area contributed by atoms with E-state index in [0.29, 0.717) is 13.2 Å². The van der Waals surface area contributed by atoms with E-state index in [0.717, 1.165) is 25.0 Å². The Kier molecular flexibility index (Phi) is 4.29. The molecule has 1 aliphatic rings. The molecule has 2 N–H and O–H groups in total.